The van der Waals surface area contributed by atoms with Crippen LogP contribution in [-0.4, -0.2) is 23.0 Å². The summed E-state index contributed by atoms with van der Waals surface area (Å²) in [5.74, 6) is 2.39. The summed E-state index contributed by atoms with van der Waals surface area (Å²) in [6.07, 6.45) is 3.09. The lowest BCUT2D eigenvalue weighted by atomic mass is 10.3. The predicted octanol–water partition coefficient (Wildman–Crippen LogP) is 3.11. The van der Waals surface area contributed by atoms with E-state index in [0.717, 1.165) is 13.0 Å². The summed E-state index contributed by atoms with van der Waals surface area (Å²) >= 11 is 3.80. The van der Waals surface area contributed by atoms with Crippen LogP contribution in [0.5, 0.6) is 0 Å². The fourth-order valence-corrected chi connectivity index (χ4v) is 2.70. The van der Waals surface area contributed by atoms with Crippen LogP contribution in [0.1, 0.15) is 36.7 Å². The van der Waals surface area contributed by atoms with Crippen molar-refractivity contribution in [1.82, 2.24) is 10.3 Å². The van der Waals surface area contributed by atoms with Gasteiger partial charge in [-0.1, -0.05) is 13.8 Å². The number of nitrogens with one attached hydrogen (secondary N) is 1. The van der Waals surface area contributed by atoms with Crippen LogP contribution in [0.2, 0.25) is 0 Å². The number of aromatic nitrogens is 1. The quantitative estimate of drug-likeness (QED) is 0.746. The summed E-state index contributed by atoms with van der Waals surface area (Å²) in [6, 6.07) is 0.396. The molecule has 0 amide bonds. The molecule has 1 rings (SSSR count). The molecule has 0 aromatic carbocycles. The first-order chi connectivity index (χ1) is 7.27. The van der Waals surface area contributed by atoms with Gasteiger partial charge in [0.05, 0.1) is 6.04 Å². The lowest BCUT2D eigenvalue weighted by Gasteiger charge is -2.10. The molecule has 1 aromatic heterocycles. The van der Waals surface area contributed by atoms with Gasteiger partial charge in [-0.05, 0) is 19.1 Å². The van der Waals surface area contributed by atoms with Crippen LogP contribution < -0.4 is 5.32 Å². The average molecular weight is 244 g/mol. The normalized spacial score (nSPS) is 13.0. The number of nitrogens with zero attached hydrogens (tertiary/aromatic N) is 1. The smallest absolute Gasteiger partial charge is 0.109 e. The van der Waals surface area contributed by atoms with Gasteiger partial charge >= 0.3 is 0 Å². The van der Waals surface area contributed by atoms with Gasteiger partial charge in [-0.3, -0.25) is 0 Å². The molecular weight excluding hydrogens is 224 g/mol. The molecule has 0 bridgehead atoms. The second-order valence-electron chi connectivity index (χ2n) is 3.39. The van der Waals surface area contributed by atoms with Gasteiger partial charge in [-0.2, -0.15) is 11.8 Å². The number of rotatable bonds is 7. The van der Waals surface area contributed by atoms with Crippen molar-refractivity contribution in [1.29, 1.82) is 0 Å². The fourth-order valence-electron chi connectivity index (χ4n) is 1.27. The van der Waals surface area contributed by atoms with E-state index in [1.807, 2.05) is 29.3 Å². The van der Waals surface area contributed by atoms with Crippen LogP contribution in [0.4, 0.5) is 0 Å². The zero-order valence-corrected chi connectivity index (χ0v) is 11.4. The Morgan fingerprint density at radius 1 is 1.53 bits per heavy atom. The Labute approximate surface area is 101 Å². The molecule has 15 heavy (non-hydrogen) atoms. The summed E-state index contributed by atoms with van der Waals surface area (Å²) in [5, 5.41) is 4.71. The third-order valence-electron chi connectivity index (χ3n) is 2.19. The molecule has 1 N–H and O–H groups in total. The van der Waals surface area contributed by atoms with Crippen molar-refractivity contribution < 1.29 is 0 Å². The van der Waals surface area contributed by atoms with Gasteiger partial charge in [0.15, 0.2) is 0 Å². The van der Waals surface area contributed by atoms with E-state index in [2.05, 4.69) is 31.1 Å². The van der Waals surface area contributed by atoms with Gasteiger partial charge in [0, 0.05) is 23.4 Å². The average Bonchev–Trinajstić information content (AvgIpc) is 2.72. The van der Waals surface area contributed by atoms with Gasteiger partial charge in [-0.25, -0.2) is 4.98 Å². The lowest BCUT2D eigenvalue weighted by Crippen LogP contribution is -2.21. The molecule has 0 aliphatic carbocycles. The highest BCUT2D eigenvalue weighted by molar-refractivity contribution is 7.99. The molecule has 0 saturated carbocycles. The van der Waals surface area contributed by atoms with E-state index in [9.17, 15) is 0 Å². The maximum absolute atomic E-state index is 4.44. The molecule has 0 fully saturated rings. The minimum absolute atomic E-state index is 0.396. The Hall–Kier alpha value is -0.0600. The highest BCUT2D eigenvalue weighted by atomic mass is 32.2. The zero-order chi connectivity index (χ0) is 11.1. The highest BCUT2D eigenvalue weighted by Gasteiger charge is 2.08. The van der Waals surface area contributed by atoms with Crippen molar-refractivity contribution in [3.05, 3.63) is 16.1 Å². The second kappa shape index (κ2) is 7.25. The molecule has 1 aromatic rings. The Balaban J connectivity index is 2.29. The molecule has 2 nitrogen and oxygen atoms in total. The first-order valence-corrected chi connectivity index (χ1v) is 7.50. The third kappa shape index (κ3) is 4.53. The van der Waals surface area contributed by atoms with Crippen molar-refractivity contribution in [2.45, 2.75) is 33.2 Å². The minimum atomic E-state index is 0.396. The van der Waals surface area contributed by atoms with E-state index >= 15 is 0 Å². The topological polar surface area (TPSA) is 24.9 Å². The van der Waals surface area contributed by atoms with Gasteiger partial charge in [0.1, 0.15) is 5.01 Å². The second-order valence-corrected chi connectivity index (χ2v) is 5.93. The SMILES string of the molecule is CCSCCNC(C)c1ncc(CC)s1. The highest BCUT2D eigenvalue weighted by Crippen LogP contribution is 2.19. The fraction of sp³-hybridized carbons (Fsp3) is 0.727. The number of hydrogen-bond acceptors (Lipinski definition) is 4. The van der Waals surface area contributed by atoms with E-state index in [4.69, 9.17) is 0 Å². The predicted molar refractivity (Wildman–Crippen MR) is 70.9 cm³/mol. The lowest BCUT2D eigenvalue weighted by molar-refractivity contribution is 0.598. The standard InChI is InChI=1S/C11H20N2S2/c1-4-10-8-13-11(15-10)9(3)12-6-7-14-5-2/h8-9,12H,4-7H2,1-3H3. The van der Waals surface area contributed by atoms with E-state index in [1.165, 1.54) is 21.4 Å². The molecule has 0 saturated heterocycles. The van der Waals surface area contributed by atoms with Gasteiger partial charge in [-0.15, -0.1) is 11.3 Å². The summed E-state index contributed by atoms with van der Waals surface area (Å²) in [6.45, 7) is 7.63. The largest absolute Gasteiger partial charge is 0.307 e. The molecule has 0 spiro atoms. The van der Waals surface area contributed by atoms with Crippen LogP contribution >= 0.6 is 23.1 Å². The molecule has 4 heteroatoms. The Morgan fingerprint density at radius 2 is 2.33 bits per heavy atom. The van der Waals surface area contributed by atoms with E-state index < -0.39 is 0 Å². The van der Waals surface area contributed by atoms with Crippen LogP contribution in [0.15, 0.2) is 6.20 Å². The minimum Gasteiger partial charge on any atom is -0.307 e. The van der Waals surface area contributed by atoms with E-state index in [1.54, 1.807) is 0 Å². The number of thiazole rings is 1. The van der Waals surface area contributed by atoms with Crippen molar-refractivity contribution in [3.8, 4) is 0 Å². The van der Waals surface area contributed by atoms with Crippen molar-refractivity contribution in [3.63, 3.8) is 0 Å². The molecule has 0 radical (unpaired) electrons. The van der Waals surface area contributed by atoms with Crippen molar-refractivity contribution in [2.75, 3.05) is 18.1 Å². The molecule has 1 heterocycles. The van der Waals surface area contributed by atoms with E-state index in [0.29, 0.717) is 6.04 Å². The molecule has 86 valence electrons. The Bertz CT molecular complexity index is 273. The van der Waals surface area contributed by atoms with E-state index in [-0.39, 0.29) is 0 Å². The van der Waals surface area contributed by atoms with Crippen LogP contribution in [-0.2, 0) is 6.42 Å². The number of hydrogen-bond donors (Lipinski definition) is 1. The number of thioether (sulfide) groups is 1. The molecule has 0 aliphatic heterocycles. The summed E-state index contributed by atoms with van der Waals surface area (Å²) in [4.78, 5) is 5.81. The summed E-state index contributed by atoms with van der Waals surface area (Å²) in [7, 11) is 0. The van der Waals surface area contributed by atoms with Crippen LogP contribution in [0.3, 0.4) is 0 Å². The van der Waals surface area contributed by atoms with Gasteiger partial charge in [0.2, 0.25) is 0 Å². The molecule has 1 unspecified atom stereocenters. The maximum atomic E-state index is 4.44. The molecule has 1 atom stereocenters. The monoisotopic (exact) mass is 244 g/mol. The van der Waals surface area contributed by atoms with Gasteiger partial charge in [0.25, 0.3) is 0 Å². The summed E-state index contributed by atoms with van der Waals surface area (Å²) in [5.41, 5.74) is 0. The maximum Gasteiger partial charge on any atom is 0.109 e. The first kappa shape index (κ1) is 13.0. The zero-order valence-electron chi connectivity index (χ0n) is 9.75. The number of aryl methyl sites for hydroxylation is 1. The Morgan fingerprint density at radius 3 is 2.93 bits per heavy atom. The Kier molecular flexibility index (Phi) is 6.29. The van der Waals surface area contributed by atoms with Crippen LogP contribution in [0.25, 0.3) is 0 Å². The molecule has 0 aliphatic rings. The van der Waals surface area contributed by atoms with Gasteiger partial charge < -0.3 is 5.32 Å². The van der Waals surface area contributed by atoms with Crippen molar-refractivity contribution in [2.24, 2.45) is 0 Å². The van der Waals surface area contributed by atoms with Crippen molar-refractivity contribution >= 4 is 23.1 Å². The third-order valence-corrected chi connectivity index (χ3v) is 4.42. The summed E-state index contributed by atoms with van der Waals surface area (Å²) < 4.78 is 0. The molecular formula is C11H20N2S2. The first-order valence-electron chi connectivity index (χ1n) is 5.53. The van der Waals surface area contributed by atoms with Crippen LogP contribution in [0, 0.1) is 0 Å².